The normalized spacial score (nSPS) is 11.1. The lowest BCUT2D eigenvalue weighted by atomic mass is 10.2. The predicted molar refractivity (Wildman–Crippen MR) is 101 cm³/mol. The van der Waals surface area contributed by atoms with Gasteiger partial charge in [-0.25, -0.2) is 14.8 Å². The molecule has 2 aromatic heterocycles. The second kappa shape index (κ2) is 6.64. The molecule has 0 spiro atoms. The molecule has 0 aliphatic rings. The molecule has 2 N–H and O–H groups in total. The number of urea groups is 1. The highest BCUT2D eigenvalue weighted by molar-refractivity contribution is 7.99. The third-order valence-electron chi connectivity index (χ3n) is 3.93. The molecule has 0 bridgehead atoms. The lowest BCUT2D eigenvalue weighted by Gasteiger charge is -2.08. The molecule has 130 valence electrons. The summed E-state index contributed by atoms with van der Waals surface area (Å²) in [5, 5.41) is 6.21. The van der Waals surface area contributed by atoms with Crippen molar-refractivity contribution >= 4 is 51.3 Å². The highest BCUT2D eigenvalue weighted by Crippen LogP contribution is 2.28. The fourth-order valence-corrected chi connectivity index (χ4v) is 3.57. The zero-order chi connectivity index (χ0) is 18.1. The molecule has 26 heavy (non-hydrogen) atoms. The molecule has 0 aliphatic carbocycles. The van der Waals surface area contributed by atoms with Crippen LogP contribution < -0.4 is 10.6 Å². The summed E-state index contributed by atoms with van der Waals surface area (Å²) in [6.07, 6.45) is 0. The smallest absolute Gasteiger partial charge is 0.321 e. The van der Waals surface area contributed by atoms with Crippen LogP contribution in [0.15, 0.2) is 53.7 Å². The van der Waals surface area contributed by atoms with Gasteiger partial charge in [-0.2, -0.15) is 0 Å². The first-order valence-corrected chi connectivity index (χ1v) is 8.96. The summed E-state index contributed by atoms with van der Waals surface area (Å²) in [5.41, 5.74) is 3.40. The Morgan fingerprint density at radius 1 is 1.04 bits per heavy atom. The van der Waals surface area contributed by atoms with Gasteiger partial charge in [0.05, 0.1) is 22.3 Å². The minimum absolute atomic E-state index is 0.0698. The van der Waals surface area contributed by atoms with Crippen LogP contribution in [0.5, 0.6) is 0 Å². The molecular formula is C18H15N5O2S. The van der Waals surface area contributed by atoms with E-state index in [0.717, 1.165) is 27.6 Å². The summed E-state index contributed by atoms with van der Waals surface area (Å²) in [5.74, 6) is -0.317. The number of carbonyl (C=O) groups is 2. The Hall–Kier alpha value is -3.13. The average molecular weight is 365 g/mol. The topological polar surface area (TPSA) is 88.4 Å². The van der Waals surface area contributed by atoms with Crippen LogP contribution in [0.1, 0.15) is 0 Å². The van der Waals surface area contributed by atoms with E-state index in [-0.39, 0.29) is 11.7 Å². The van der Waals surface area contributed by atoms with Gasteiger partial charge in [0.25, 0.3) is 0 Å². The van der Waals surface area contributed by atoms with Crippen molar-refractivity contribution in [2.75, 3.05) is 12.8 Å². The highest BCUT2D eigenvalue weighted by atomic mass is 32.2. The van der Waals surface area contributed by atoms with E-state index in [1.54, 1.807) is 0 Å². The molecule has 2 aromatic carbocycles. The zero-order valence-electron chi connectivity index (χ0n) is 13.9. The quantitative estimate of drug-likeness (QED) is 0.430. The van der Waals surface area contributed by atoms with Gasteiger partial charge in [0, 0.05) is 12.4 Å². The maximum Gasteiger partial charge on any atom is 0.321 e. The third-order valence-corrected chi connectivity index (χ3v) is 4.86. The summed E-state index contributed by atoms with van der Waals surface area (Å²) >= 11 is 1.26. The van der Waals surface area contributed by atoms with Crippen LogP contribution in [0.25, 0.3) is 27.6 Å². The van der Waals surface area contributed by atoms with E-state index in [2.05, 4.69) is 10.6 Å². The van der Waals surface area contributed by atoms with Crippen molar-refractivity contribution in [2.24, 2.45) is 0 Å². The van der Waals surface area contributed by atoms with Gasteiger partial charge >= 0.3 is 6.03 Å². The third kappa shape index (κ3) is 2.84. The number of fused-ring (bicyclic) bond motifs is 5. The number of rotatable bonds is 3. The van der Waals surface area contributed by atoms with Crippen LogP contribution in [0.4, 0.5) is 4.79 Å². The molecule has 3 amide bonds. The van der Waals surface area contributed by atoms with Crippen molar-refractivity contribution in [3.05, 3.63) is 48.5 Å². The minimum atomic E-state index is -0.528. The monoisotopic (exact) mass is 365 g/mol. The molecule has 0 fully saturated rings. The second-order valence-corrected chi connectivity index (χ2v) is 6.53. The Morgan fingerprint density at radius 2 is 1.77 bits per heavy atom. The zero-order valence-corrected chi connectivity index (χ0v) is 14.7. The van der Waals surface area contributed by atoms with Crippen molar-refractivity contribution in [2.45, 2.75) is 5.16 Å². The number of hydrogen-bond donors (Lipinski definition) is 2. The minimum Gasteiger partial charge on any atom is -0.341 e. The number of nitrogens with zero attached hydrogens (tertiary/aromatic N) is 3. The molecule has 2 heterocycles. The molecular weight excluding hydrogens is 350 g/mol. The Labute approximate surface area is 152 Å². The number of aromatic nitrogens is 3. The largest absolute Gasteiger partial charge is 0.341 e. The van der Waals surface area contributed by atoms with Crippen molar-refractivity contribution in [3.8, 4) is 0 Å². The van der Waals surface area contributed by atoms with Gasteiger partial charge in [-0.15, -0.1) is 0 Å². The average Bonchev–Trinajstić information content (AvgIpc) is 3.06. The first kappa shape index (κ1) is 16.3. The maximum absolute atomic E-state index is 11.9. The summed E-state index contributed by atoms with van der Waals surface area (Å²) in [4.78, 5) is 32.7. The predicted octanol–water partition coefficient (Wildman–Crippen LogP) is 2.58. The number of benzene rings is 2. The lowest BCUT2D eigenvalue weighted by Crippen LogP contribution is -2.38. The number of para-hydroxylation sites is 3. The van der Waals surface area contributed by atoms with E-state index in [4.69, 9.17) is 9.97 Å². The first-order valence-electron chi connectivity index (χ1n) is 7.97. The number of thioether (sulfide) groups is 1. The SMILES string of the molecule is CNC(=O)NC(=O)CSc1nc2ccccc2c2nc3ccccc3n12. The van der Waals surface area contributed by atoms with Crippen molar-refractivity contribution in [1.82, 2.24) is 25.0 Å². The van der Waals surface area contributed by atoms with Crippen molar-refractivity contribution < 1.29 is 9.59 Å². The number of amides is 3. The van der Waals surface area contributed by atoms with Crippen LogP contribution in [0.2, 0.25) is 0 Å². The molecule has 0 saturated carbocycles. The van der Waals surface area contributed by atoms with E-state index in [1.807, 2.05) is 52.9 Å². The number of nitrogens with one attached hydrogen (secondary N) is 2. The van der Waals surface area contributed by atoms with Crippen molar-refractivity contribution in [3.63, 3.8) is 0 Å². The fourth-order valence-electron chi connectivity index (χ4n) is 2.77. The Bertz CT molecular complexity index is 1150. The summed E-state index contributed by atoms with van der Waals surface area (Å²) in [7, 11) is 1.46. The van der Waals surface area contributed by atoms with Crippen LogP contribution in [0.3, 0.4) is 0 Å². The van der Waals surface area contributed by atoms with E-state index in [1.165, 1.54) is 18.8 Å². The van der Waals surface area contributed by atoms with Crippen LogP contribution in [-0.2, 0) is 4.79 Å². The second-order valence-electron chi connectivity index (χ2n) is 5.59. The van der Waals surface area contributed by atoms with Gasteiger partial charge in [-0.05, 0) is 24.3 Å². The van der Waals surface area contributed by atoms with E-state index >= 15 is 0 Å². The van der Waals surface area contributed by atoms with Crippen LogP contribution in [-0.4, -0.2) is 39.1 Å². The molecule has 4 aromatic rings. The molecule has 0 atom stereocenters. The Morgan fingerprint density at radius 3 is 2.58 bits per heavy atom. The molecule has 0 saturated heterocycles. The lowest BCUT2D eigenvalue weighted by molar-refractivity contribution is -0.117. The molecule has 0 aliphatic heterocycles. The molecule has 0 unspecified atom stereocenters. The molecule has 0 radical (unpaired) electrons. The van der Waals surface area contributed by atoms with E-state index in [9.17, 15) is 9.59 Å². The maximum atomic E-state index is 11.9. The number of carbonyl (C=O) groups excluding carboxylic acids is 2. The molecule has 4 rings (SSSR count). The first-order chi connectivity index (χ1) is 12.7. The molecule has 7 nitrogen and oxygen atoms in total. The van der Waals surface area contributed by atoms with Crippen LogP contribution in [0, 0.1) is 0 Å². The van der Waals surface area contributed by atoms with Gasteiger partial charge < -0.3 is 5.32 Å². The Kier molecular flexibility index (Phi) is 4.18. The van der Waals surface area contributed by atoms with E-state index in [0.29, 0.717) is 5.16 Å². The highest BCUT2D eigenvalue weighted by Gasteiger charge is 2.15. The number of imidazole rings is 1. The van der Waals surface area contributed by atoms with E-state index < -0.39 is 6.03 Å². The Balaban J connectivity index is 1.82. The van der Waals surface area contributed by atoms with Gasteiger partial charge in [0.2, 0.25) is 5.91 Å². The summed E-state index contributed by atoms with van der Waals surface area (Å²) in [6, 6.07) is 15.0. The summed E-state index contributed by atoms with van der Waals surface area (Å²) < 4.78 is 1.95. The number of imide groups is 1. The van der Waals surface area contributed by atoms with Gasteiger partial charge in [0.1, 0.15) is 5.65 Å². The number of hydrogen-bond acceptors (Lipinski definition) is 5. The fraction of sp³-hybridized carbons (Fsp3) is 0.111. The van der Waals surface area contributed by atoms with Crippen molar-refractivity contribution in [1.29, 1.82) is 0 Å². The van der Waals surface area contributed by atoms with Gasteiger partial charge in [-0.3, -0.25) is 14.5 Å². The van der Waals surface area contributed by atoms with Crippen LogP contribution >= 0.6 is 11.8 Å². The standard InChI is InChI=1S/C18H15N5O2S/c1-19-17(25)22-15(24)10-26-18-21-12-7-3-2-6-11(12)16-20-13-8-4-5-9-14(13)23(16)18/h2-9H,10H2,1H3,(H2,19,22,24,25). The summed E-state index contributed by atoms with van der Waals surface area (Å²) in [6.45, 7) is 0. The molecule has 8 heteroatoms. The van der Waals surface area contributed by atoms with Gasteiger partial charge in [0.15, 0.2) is 5.16 Å². The van der Waals surface area contributed by atoms with Gasteiger partial charge in [-0.1, -0.05) is 36.0 Å².